The van der Waals surface area contributed by atoms with Crippen LogP contribution in [-0.4, -0.2) is 20.3 Å². The van der Waals surface area contributed by atoms with E-state index < -0.39 is 0 Å². The maximum absolute atomic E-state index is 5.97. The summed E-state index contributed by atoms with van der Waals surface area (Å²) in [4.78, 5) is 1.32. The van der Waals surface area contributed by atoms with E-state index in [0.29, 0.717) is 19.1 Å². The molecule has 0 saturated heterocycles. The highest BCUT2D eigenvalue weighted by Gasteiger charge is 2.17. The van der Waals surface area contributed by atoms with Crippen LogP contribution in [0.3, 0.4) is 0 Å². The SMILES string of the molecule is CCCOc1c(CC(CN)c2cccs2)cccc1OC. The summed E-state index contributed by atoms with van der Waals surface area (Å²) in [6.45, 7) is 3.42. The lowest BCUT2D eigenvalue weighted by Gasteiger charge is -2.18. The van der Waals surface area contributed by atoms with Gasteiger partial charge in [0.05, 0.1) is 13.7 Å². The highest BCUT2D eigenvalue weighted by molar-refractivity contribution is 7.10. The summed E-state index contributed by atoms with van der Waals surface area (Å²) in [6, 6.07) is 10.3. The second-order valence-electron chi connectivity index (χ2n) is 4.95. The van der Waals surface area contributed by atoms with Crippen molar-refractivity contribution in [3.8, 4) is 11.5 Å². The number of hydrogen-bond acceptors (Lipinski definition) is 4. The van der Waals surface area contributed by atoms with E-state index in [4.69, 9.17) is 15.2 Å². The topological polar surface area (TPSA) is 44.5 Å². The molecule has 21 heavy (non-hydrogen) atoms. The van der Waals surface area contributed by atoms with Crippen LogP contribution in [0, 0.1) is 0 Å². The average molecular weight is 305 g/mol. The Balaban J connectivity index is 2.25. The third-order valence-corrected chi connectivity index (χ3v) is 4.46. The van der Waals surface area contributed by atoms with Gasteiger partial charge in [-0.3, -0.25) is 0 Å². The number of ether oxygens (including phenoxy) is 2. The van der Waals surface area contributed by atoms with Crippen LogP contribution < -0.4 is 15.2 Å². The Kier molecular flexibility index (Phi) is 6.08. The van der Waals surface area contributed by atoms with Crippen molar-refractivity contribution in [1.82, 2.24) is 0 Å². The van der Waals surface area contributed by atoms with Gasteiger partial charge in [-0.15, -0.1) is 11.3 Å². The van der Waals surface area contributed by atoms with Gasteiger partial charge in [-0.25, -0.2) is 0 Å². The van der Waals surface area contributed by atoms with Crippen LogP contribution in [0.25, 0.3) is 0 Å². The van der Waals surface area contributed by atoms with E-state index in [1.807, 2.05) is 12.1 Å². The number of methoxy groups -OCH3 is 1. The molecule has 114 valence electrons. The molecule has 1 aromatic heterocycles. The zero-order valence-electron chi connectivity index (χ0n) is 12.7. The van der Waals surface area contributed by atoms with Gasteiger partial charge < -0.3 is 15.2 Å². The smallest absolute Gasteiger partial charge is 0.164 e. The molecular formula is C17H23NO2S. The van der Waals surface area contributed by atoms with Crippen molar-refractivity contribution in [2.24, 2.45) is 5.73 Å². The molecule has 1 heterocycles. The van der Waals surface area contributed by atoms with Gasteiger partial charge in [-0.1, -0.05) is 25.1 Å². The first-order valence-corrected chi connectivity index (χ1v) is 8.20. The summed E-state index contributed by atoms with van der Waals surface area (Å²) in [6.07, 6.45) is 1.84. The quantitative estimate of drug-likeness (QED) is 0.806. The Morgan fingerprint density at radius 3 is 2.71 bits per heavy atom. The van der Waals surface area contributed by atoms with Crippen LogP contribution in [0.15, 0.2) is 35.7 Å². The average Bonchev–Trinajstić information content (AvgIpc) is 3.05. The molecule has 0 radical (unpaired) electrons. The standard InChI is InChI=1S/C17H23NO2S/c1-3-9-20-17-13(6-4-7-15(17)19-2)11-14(12-18)16-8-5-10-21-16/h4-8,10,14H,3,9,11-12,18H2,1-2H3. The molecule has 0 spiro atoms. The molecule has 0 aliphatic rings. The Morgan fingerprint density at radius 1 is 1.24 bits per heavy atom. The van der Waals surface area contributed by atoms with Gasteiger partial charge in [-0.2, -0.15) is 0 Å². The molecule has 1 atom stereocenters. The first-order chi connectivity index (χ1) is 10.3. The van der Waals surface area contributed by atoms with E-state index in [9.17, 15) is 0 Å². The molecule has 3 nitrogen and oxygen atoms in total. The maximum atomic E-state index is 5.97. The molecule has 0 aliphatic carbocycles. The predicted octanol–water partition coefficient (Wildman–Crippen LogP) is 3.83. The molecular weight excluding hydrogens is 282 g/mol. The van der Waals surface area contributed by atoms with Gasteiger partial charge in [0.25, 0.3) is 0 Å². The van der Waals surface area contributed by atoms with Gasteiger partial charge in [-0.05, 0) is 35.9 Å². The minimum absolute atomic E-state index is 0.320. The van der Waals surface area contributed by atoms with E-state index in [-0.39, 0.29) is 0 Å². The van der Waals surface area contributed by atoms with Crippen molar-refractivity contribution >= 4 is 11.3 Å². The fourth-order valence-electron chi connectivity index (χ4n) is 2.34. The number of hydrogen-bond donors (Lipinski definition) is 1. The first-order valence-electron chi connectivity index (χ1n) is 7.32. The largest absolute Gasteiger partial charge is 0.493 e. The van der Waals surface area contributed by atoms with E-state index in [1.165, 1.54) is 4.88 Å². The van der Waals surface area contributed by atoms with E-state index in [2.05, 4.69) is 30.5 Å². The molecule has 2 rings (SSSR count). The Hall–Kier alpha value is -1.52. The molecule has 4 heteroatoms. The van der Waals surface area contributed by atoms with Crippen LogP contribution >= 0.6 is 11.3 Å². The summed E-state index contributed by atoms with van der Waals surface area (Å²) in [5, 5.41) is 2.10. The van der Waals surface area contributed by atoms with Crippen LogP contribution in [-0.2, 0) is 6.42 Å². The summed E-state index contributed by atoms with van der Waals surface area (Å²) >= 11 is 1.76. The third-order valence-electron chi connectivity index (χ3n) is 3.43. The second kappa shape index (κ2) is 8.05. The summed E-state index contributed by atoms with van der Waals surface area (Å²) in [5.74, 6) is 1.97. The monoisotopic (exact) mass is 305 g/mol. The highest BCUT2D eigenvalue weighted by Crippen LogP contribution is 2.35. The molecule has 1 unspecified atom stereocenters. The van der Waals surface area contributed by atoms with Crippen LogP contribution in [0.5, 0.6) is 11.5 Å². The minimum atomic E-state index is 0.320. The molecule has 2 N–H and O–H groups in total. The maximum Gasteiger partial charge on any atom is 0.164 e. The minimum Gasteiger partial charge on any atom is -0.493 e. The number of nitrogens with two attached hydrogens (primary N) is 1. The van der Waals surface area contributed by atoms with Crippen LogP contribution in [0.1, 0.15) is 29.7 Å². The van der Waals surface area contributed by atoms with E-state index >= 15 is 0 Å². The van der Waals surface area contributed by atoms with Gasteiger partial charge >= 0.3 is 0 Å². The first kappa shape index (κ1) is 15.9. The highest BCUT2D eigenvalue weighted by atomic mass is 32.1. The number of para-hydroxylation sites is 1. The number of benzene rings is 1. The number of thiophene rings is 1. The summed E-state index contributed by atoms with van der Waals surface area (Å²) in [7, 11) is 1.68. The second-order valence-corrected chi connectivity index (χ2v) is 5.93. The molecule has 0 saturated carbocycles. The van der Waals surface area contributed by atoms with Crippen molar-refractivity contribution in [1.29, 1.82) is 0 Å². The fourth-order valence-corrected chi connectivity index (χ4v) is 3.18. The lowest BCUT2D eigenvalue weighted by molar-refractivity contribution is 0.290. The lowest BCUT2D eigenvalue weighted by atomic mass is 9.97. The van der Waals surface area contributed by atoms with Crippen LogP contribution in [0.2, 0.25) is 0 Å². The van der Waals surface area contributed by atoms with Gasteiger partial charge in [0.2, 0.25) is 0 Å². The summed E-state index contributed by atoms with van der Waals surface area (Å²) < 4.78 is 11.3. The molecule has 0 fully saturated rings. The normalized spacial score (nSPS) is 12.1. The number of rotatable bonds is 8. The van der Waals surface area contributed by atoms with Gasteiger partial charge in [0.1, 0.15) is 0 Å². The van der Waals surface area contributed by atoms with Crippen molar-refractivity contribution in [3.63, 3.8) is 0 Å². The van der Waals surface area contributed by atoms with Gasteiger partial charge in [0.15, 0.2) is 11.5 Å². The third kappa shape index (κ3) is 3.99. The van der Waals surface area contributed by atoms with E-state index in [1.54, 1.807) is 18.4 Å². The lowest BCUT2D eigenvalue weighted by Crippen LogP contribution is -2.14. The molecule has 0 bridgehead atoms. The predicted molar refractivity (Wildman–Crippen MR) is 88.6 cm³/mol. The molecule has 0 aliphatic heterocycles. The van der Waals surface area contributed by atoms with Crippen molar-refractivity contribution in [2.75, 3.05) is 20.3 Å². The van der Waals surface area contributed by atoms with Gasteiger partial charge in [0, 0.05) is 17.3 Å². The fraction of sp³-hybridized carbons (Fsp3) is 0.412. The van der Waals surface area contributed by atoms with E-state index in [0.717, 1.165) is 29.9 Å². The Bertz CT molecular complexity index is 540. The molecule has 1 aromatic carbocycles. The summed E-state index contributed by atoms with van der Waals surface area (Å²) in [5.41, 5.74) is 7.13. The van der Waals surface area contributed by atoms with Crippen LogP contribution in [0.4, 0.5) is 0 Å². The van der Waals surface area contributed by atoms with Crippen molar-refractivity contribution in [2.45, 2.75) is 25.7 Å². The molecule has 0 amide bonds. The zero-order chi connectivity index (χ0) is 15.1. The van der Waals surface area contributed by atoms with Crippen molar-refractivity contribution < 1.29 is 9.47 Å². The van der Waals surface area contributed by atoms with Crippen molar-refractivity contribution in [3.05, 3.63) is 46.2 Å². The Labute approximate surface area is 130 Å². The zero-order valence-corrected chi connectivity index (χ0v) is 13.5. The molecule has 2 aromatic rings. The Morgan fingerprint density at radius 2 is 2.10 bits per heavy atom.